The molecule has 0 aromatic rings. The molecule has 10 heavy (non-hydrogen) atoms. The van der Waals surface area contributed by atoms with Crippen molar-refractivity contribution in [2.75, 3.05) is 13.7 Å². The second-order valence-corrected chi connectivity index (χ2v) is 2.85. The maximum atomic E-state index is 9.13. The summed E-state index contributed by atoms with van der Waals surface area (Å²) in [6.45, 7) is 2.72. The summed E-state index contributed by atoms with van der Waals surface area (Å²) >= 11 is 0. The van der Waals surface area contributed by atoms with Gasteiger partial charge in [-0.15, -0.1) is 0 Å². The molecule has 3 atom stereocenters. The van der Waals surface area contributed by atoms with Gasteiger partial charge in [0.15, 0.2) is 0 Å². The lowest BCUT2D eigenvalue weighted by atomic mass is 10.1. The molecule has 0 spiro atoms. The van der Waals surface area contributed by atoms with Crippen molar-refractivity contribution in [3.63, 3.8) is 0 Å². The van der Waals surface area contributed by atoms with E-state index in [0.717, 1.165) is 6.42 Å². The third-order valence-electron chi connectivity index (χ3n) is 2.08. The van der Waals surface area contributed by atoms with Crippen LogP contribution in [0.5, 0.6) is 0 Å². The molecule has 0 bridgehead atoms. The summed E-state index contributed by atoms with van der Waals surface area (Å²) < 4.78 is 5.11. The van der Waals surface area contributed by atoms with Gasteiger partial charge in [0, 0.05) is 19.7 Å². The van der Waals surface area contributed by atoms with Crippen LogP contribution in [0.3, 0.4) is 0 Å². The highest BCUT2D eigenvalue weighted by atomic mass is 16.5. The van der Waals surface area contributed by atoms with Crippen LogP contribution < -0.4 is 5.32 Å². The summed E-state index contributed by atoms with van der Waals surface area (Å²) in [6.07, 6.45) is 0.842. The van der Waals surface area contributed by atoms with Gasteiger partial charge >= 0.3 is 0 Å². The van der Waals surface area contributed by atoms with Crippen LogP contribution in [-0.4, -0.2) is 37.0 Å². The lowest BCUT2D eigenvalue weighted by Crippen LogP contribution is -2.33. The van der Waals surface area contributed by atoms with Gasteiger partial charge < -0.3 is 15.2 Å². The van der Waals surface area contributed by atoms with Crippen LogP contribution >= 0.6 is 0 Å². The molecule has 60 valence electrons. The van der Waals surface area contributed by atoms with E-state index in [-0.39, 0.29) is 12.2 Å². The third kappa shape index (κ3) is 1.68. The van der Waals surface area contributed by atoms with Gasteiger partial charge in [-0.25, -0.2) is 0 Å². The highest BCUT2D eigenvalue weighted by Crippen LogP contribution is 2.11. The number of ether oxygens (including phenoxy) is 1. The zero-order valence-electron chi connectivity index (χ0n) is 6.50. The van der Waals surface area contributed by atoms with Gasteiger partial charge in [0.25, 0.3) is 0 Å². The Morgan fingerprint density at radius 1 is 1.70 bits per heavy atom. The smallest absolute Gasteiger partial charge is 0.0697 e. The summed E-state index contributed by atoms with van der Waals surface area (Å²) in [6, 6.07) is 0.333. The Balaban J connectivity index is 2.29. The number of nitrogens with one attached hydrogen (secondary N) is 1. The van der Waals surface area contributed by atoms with E-state index in [1.54, 1.807) is 7.11 Å². The van der Waals surface area contributed by atoms with Gasteiger partial charge in [0.2, 0.25) is 0 Å². The average Bonchev–Trinajstić information content (AvgIpc) is 2.34. The van der Waals surface area contributed by atoms with Crippen molar-refractivity contribution < 1.29 is 9.84 Å². The minimum absolute atomic E-state index is 0.178. The number of β-amino-alcohol motifs (C(OH)–C–C–N with tert-alkyl or cyclic N) is 1. The molecule has 1 fully saturated rings. The van der Waals surface area contributed by atoms with E-state index in [2.05, 4.69) is 5.32 Å². The first-order valence-corrected chi connectivity index (χ1v) is 3.68. The Hall–Kier alpha value is -0.120. The maximum Gasteiger partial charge on any atom is 0.0697 e. The molecule has 3 heteroatoms. The molecular formula is C7H15NO2. The van der Waals surface area contributed by atoms with Crippen LogP contribution in [0, 0.1) is 0 Å². The third-order valence-corrected chi connectivity index (χ3v) is 2.08. The minimum atomic E-state index is -0.178. The lowest BCUT2D eigenvalue weighted by molar-refractivity contribution is 0.0840. The standard InChI is InChI=1S/C7H15NO2/c1-5(10-2)7-3-6(9)4-8-7/h5-9H,3-4H2,1-2H3. The first-order valence-electron chi connectivity index (χ1n) is 3.68. The second kappa shape index (κ2) is 3.32. The van der Waals surface area contributed by atoms with E-state index in [1.165, 1.54) is 0 Å². The zero-order chi connectivity index (χ0) is 7.56. The molecular weight excluding hydrogens is 130 g/mol. The Morgan fingerprint density at radius 3 is 2.80 bits per heavy atom. The molecule has 3 unspecified atom stereocenters. The molecule has 1 rings (SSSR count). The van der Waals surface area contributed by atoms with E-state index in [0.29, 0.717) is 12.6 Å². The van der Waals surface area contributed by atoms with Gasteiger partial charge in [-0.1, -0.05) is 0 Å². The zero-order valence-corrected chi connectivity index (χ0v) is 6.50. The first kappa shape index (κ1) is 7.98. The fourth-order valence-corrected chi connectivity index (χ4v) is 1.27. The van der Waals surface area contributed by atoms with E-state index >= 15 is 0 Å². The number of methoxy groups -OCH3 is 1. The molecule has 0 saturated carbocycles. The van der Waals surface area contributed by atoms with Crippen molar-refractivity contribution in [1.82, 2.24) is 5.32 Å². The molecule has 0 aromatic carbocycles. The van der Waals surface area contributed by atoms with Crippen molar-refractivity contribution in [3.05, 3.63) is 0 Å². The van der Waals surface area contributed by atoms with Crippen molar-refractivity contribution in [1.29, 1.82) is 0 Å². The predicted octanol–water partition coefficient (Wildman–Crippen LogP) is -0.256. The van der Waals surface area contributed by atoms with Crippen molar-refractivity contribution >= 4 is 0 Å². The van der Waals surface area contributed by atoms with E-state index in [9.17, 15) is 0 Å². The Kier molecular flexibility index (Phi) is 2.65. The van der Waals surface area contributed by atoms with Crippen LogP contribution in [0.4, 0.5) is 0 Å². The van der Waals surface area contributed by atoms with Gasteiger partial charge in [0.05, 0.1) is 12.2 Å². The fraction of sp³-hybridized carbons (Fsp3) is 1.00. The van der Waals surface area contributed by atoms with E-state index < -0.39 is 0 Å². The van der Waals surface area contributed by atoms with Crippen molar-refractivity contribution in [2.24, 2.45) is 0 Å². The van der Waals surface area contributed by atoms with E-state index in [1.807, 2.05) is 6.92 Å². The molecule has 1 aliphatic heterocycles. The van der Waals surface area contributed by atoms with Crippen LogP contribution in [-0.2, 0) is 4.74 Å². The minimum Gasteiger partial charge on any atom is -0.392 e. The summed E-state index contributed by atoms with van der Waals surface area (Å²) in [4.78, 5) is 0. The molecule has 0 amide bonds. The molecule has 0 radical (unpaired) electrons. The lowest BCUT2D eigenvalue weighted by Gasteiger charge is -2.16. The van der Waals surface area contributed by atoms with Gasteiger partial charge in [-0.3, -0.25) is 0 Å². The molecule has 0 aromatic heterocycles. The number of rotatable bonds is 2. The fourth-order valence-electron chi connectivity index (χ4n) is 1.27. The SMILES string of the molecule is COC(C)C1CC(O)CN1. The number of hydrogen-bond donors (Lipinski definition) is 2. The topological polar surface area (TPSA) is 41.5 Å². The largest absolute Gasteiger partial charge is 0.392 e. The van der Waals surface area contributed by atoms with Gasteiger partial charge in [0.1, 0.15) is 0 Å². The molecule has 1 aliphatic rings. The van der Waals surface area contributed by atoms with Crippen LogP contribution in [0.2, 0.25) is 0 Å². The molecule has 1 heterocycles. The Morgan fingerprint density at radius 2 is 2.40 bits per heavy atom. The van der Waals surface area contributed by atoms with Crippen molar-refractivity contribution in [3.8, 4) is 0 Å². The number of aliphatic hydroxyl groups is 1. The van der Waals surface area contributed by atoms with Crippen LogP contribution in [0.15, 0.2) is 0 Å². The monoisotopic (exact) mass is 145 g/mol. The summed E-state index contributed by atoms with van der Waals surface area (Å²) in [5.74, 6) is 0. The molecule has 1 saturated heterocycles. The highest BCUT2D eigenvalue weighted by molar-refractivity contribution is 4.84. The normalized spacial score (nSPS) is 36.3. The Bertz CT molecular complexity index is 108. The van der Waals surface area contributed by atoms with Crippen LogP contribution in [0.25, 0.3) is 0 Å². The number of hydrogen-bond acceptors (Lipinski definition) is 3. The van der Waals surface area contributed by atoms with E-state index in [4.69, 9.17) is 9.84 Å². The van der Waals surface area contributed by atoms with Gasteiger partial charge in [-0.05, 0) is 13.3 Å². The maximum absolute atomic E-state index is 9.13. The highest BCUT2D eigenvalue weighted by Gasteiger charge is 2.26. The van der Waals surface area contributed by atoms with Gasteiger partial charge in [-0.2, -0.15) is 0 Å². The average molecular weight is 145 g/mol. The summed E-state index contributed by atoms with van der Waals surface area (Å²) in [5.41, 5.74) is 0. The predicted molar refractivity (Wildman–Crippen MR) is 38.9 cm³/mol. The molecule has 3 nitrogen and oxygen atoms in total. The number of aliphatic hydroxyl groups excluding tert-OH is 1. The quantitative estimate of drug-likeness (QED) is 0.562. The first-order chi connectivity index (χ1) is 4.74. The Labute approximate surface area is 61.4 Å². The van der Waals surface area contributed by atoms with Crippen molar-refractivity contribution in [2.45, 2.75) is 31.6 Å². The second-order valence-electron chi connectivity index (χ2n) is 2.85. The van der Waals surface area contributed by atoms with Crippen LogP contribution in [0.1, 0.15) is 13.3 Å². The molecule has 0 aliphatic carbocycles. The summed E-state index contributed by atoms with van der Waals surface area (Å²) in [7, 11) is 1.69. The molecule has 2 N–H and O–H groups in total. The summed E-state index contributed by atoms with van der Waals surface area (Å²) in [5, 5.41) is 12.3.